The fourth-order valence-electron chi connectivity index (χ4n) is 5.08. The van der Waals surface area contributed by atoms with Crippen LogP contribution >= 0.6 is 0 Å². The molecule has 2 amide bonds. The van der Waals surface area contributed by atoms with Gasteiger partial charge < -0.3 is 14.8 Å². The highest BCUT2D eigenvalue weighted by molar-refractivity contribution is 5.91. The molecule has 0 saturated carbocycles. The Morgan fingerprint density at radius 3 is 2.25 bits per heavy atom. The number of aryl methyl sites for hydroxylation is 1. The SMILES string of the molecule is Cc1cc(F)ccc1[C@@H]1CN(C(=O)c2ncc[nH]2)CC[C@H]1C(=O)N(C)Cc1cc(C(F)(F)F)cc(C(F)(F)F)c1. The van der Waals surface area contributed by atoms with Crippen LogP contribution in [0.3, 0.4) is 0 Å². The Morgan fingerprint density at radius 1 is 1.05 bits per heavy atom. The molecule has 1 aliphatic heterocycles. The summed E-state index contributed by atoms with van der Waals surface area (Å²) >= 11 is 0. The van der Waals surface area contributed by atoms with Crippen molar-refractivity contribution in [3.8, 4) is 0 Å². The number of aromatic nitrogens is 2. The predicted octanol–water partition coefficient (Wildman–Crippen LogP) is 5.80. The third-order valence-electron chi connectivity index (χ3n) is 6.99. The summed E-state index contributed by atoms with van der Waals surface area (Å²) in [6, 6.07) is 5.23. The van der Waals surface area contributed by atoms with Gasteiger partial charge >= 0.3 is 12.4 Å². The maximum absolute atomic E-state index is 13.9. The molecular formula is C27H25F7N4O2. The van der Waals surface area contributed by atoms with E-state index in [4.69, 9.17) is 0 Å². The first-order valence-electron chi connectivity index (χ1n) is 12.2. The lowest BCUT2D eigenvalue weighted by Crippen LogP contribution is -2.48. The Kier molecular flexibility index (Phi) is 7.95. The van der Waals surface area contributed by atoms with E-state index in [9.17, 15) is 40.3 Å². The number of nitrogens with zero attached hydrogens (tertiary/aromatic N) is 3. The molecule has 13 heteroatoms. The number of aromatic amines is 1. The number of nitrogens with one attached hydrogen (secondary N) is 1. The number of hydrogen-bond acceptors (Lipinski definition) is 3. The number of carbonyl (C=O) groups is 2. The average molecular weight is 571 g/mol. The van der Waals surface area contributed by atoms with Gasteiger partial charge in [0.25, 0.3) is 5.91 Å². The van der Waals surface area contributed by atoms with Crippen LogP contribution in [0.25, 0.3) is 0 Å². The molecule has 0 unspecified atom stereocenters. The number of amides is 2. The monoisotopic (exact) mass is 570 g/mol. The minimum absolute atomic E-state index is 0.0322. The second-order valence-electron chi connectivity index (χ2n) is 9.80. The van der Waals surface area contributed by atoms with Gasteiger partial charge in [-0.2, -0.15) is 26.3 Å². The number of carbonyl (C=O) groups excluding carboxylic acids is 2. The number of piperidine rings is 1. The van der Waals surface area contributed by atoms with Crippen LogP contribution in [0.2, 0.25) is 0 Å². The Labute approximate surface area is 224 Å². The van der Waals surface area contributed by atoms with Gasteiger partial charge in [0.1, 0.15) is 5.82 Å². The molecule has 40 heavy (non-hydrogen) atoms. The van der Waals surface area contributed by atoms with E-state index in [2.05, 4.69) is 9.97 Å². The van der Waals surface area contributed by atoms with Crippen LogP contribution in [0.5, 0.6) is 0 Å². The van der Waals surface area contributed by atoms with Crippen molar-refractivity contribution in [2.24, 2.45) is 5.92 Å². The molecule has 6 nitrogen and oxygen atoms in total. The summed E-state index contributed by atoms with van der Waals surface area (Å²) in [6.45, 7) is 1.37. The lowest BCUT2D eigenvalue weighted by molar-refractivity contribution is -0.143. The molecule has 4 rings (SSSR count). The first-order chi connectivity index (χ1) is 18.6. The highest BCUT2D eigenvalue weighted by atomic mass is 19.4. The summed E-state index contributed by atoms with van der Waals surface area (Å²) in [5.74, 6) is -2.72. The van der Waals surface area contributed by atoms with Crippen molar-refractivity contribution in [2.45, 2.75) is 38.2 Å². The number of likely N-dealkylation sites (tertiary alicyclic amines) is 1. The number of alkyl halides is 6. The molecule has 0 bridgehead atoms. The molecule has 1 aliphatic rings. The van der Waals surface area contributed by atoms with E-state index in [1.165, 1.54) is 42.5 Å². The fourth-order valence-corrected chi connectivity index (χ4v) is 5.08. The smallest absolute Gasteiger partial charge is 0.341 e. The minimum Gasteiger partial charge on any atom is -0.341 e. The zero-order valence-corrected chi connectivity index (χ0v) is 21.4. The van der Waals surface area contributed by atoms with Crippen molar-refractivity contribution < 1.29 is 40.3 Å². The van der Waals surface area contributed by atoms with Crippen LogP contribution in [-0.2, 0) is 23.7 Å². The molecule has 1 aromatic heterocycles. The summed E-state index contributed by atoms with van der Waals surface area (Å²) in [7, 11) is 1.30. The molecule has 214 valence electrons. The van der Waals surface area contributed by atoms with Crippen LogP contribution in [0, 0.1) is 18.7 Å². The van der Waals surface area contributed by atoms with E-state index in [1.807, 2.05) is 0 Å². The highest BCUT2D eigenvalue weighted by Gasteiger charge is 2.40. The molecule has 2 aromatic carbocycles. The van der Waals surface area contributed by atoms with Crippen LogP contribution < -0.4 is 0 Å². The molecule has 2 heterocycles. The summed E-state index contributed by atoms with van der Waals surface area (Å²) in [4.78, 5) is 35.8. The van der Waals surface area contributed by atoms with Crippen molar-refractivity contribution in [2.75, 3.05) is 20.1 Å². The highest BCUT2D eigenvalue weighted by Crippen LogP contribution is 2.38. The quantitative estimate of drug-likeness (QED) is 0.395. The van der Waals surface area contributed by atoms with Crippen molar-refractivity contribution in [1.29, 1.82) is 0 Å². The molecule has 0 radical (unpaired) electrons. The molecule has 1 saturated heterocycles. The van der Waals surface area contributed by atoms with Crippen LogP contribution in [-0.4, -0.2) is 51.7 Å². The van der Waals surface area contributed by atoms with E-state index in [-0.39, 0.29) is 37.0 Å². The summed E-state index contributed by atoms with van der Waals surface area (Å²) in [6.07, 6.45) is -6.97. The van der Waals surface area contributed by atoms with Gasteiger partial charge in [0, 0.05) is 50.9 Å². The second-order valence-corrected chi connectivity index (χ2v) is 9.80. The maximum Gasteiger partial charge on any atom is 0.416 e. The molecule has 1 fully saturated rings. The van der Waals surface area contributed by atoms with Crippen molar-refractivity contribution in [1.82, 2.24) is 19.8 Å². The minimum atomic E-state index is -5.02. The largest absolute Gasteiger partial charge is 0.416 e. The fraction of sp³-hybridized carbons (Fsp3) is 0.370. The molecule has 3 aromatic rings. The van der Waals surface area contributed by atoms with Crippen molar-refractivity contribution >= 4 is 11.8 Å². The van der Waals surface area contributed by atoms with Crippen LogP contribution in [0.4, 0.5) is 30.7 Å². The molecule has 0 aliphatic carbocycles. The van der Waals surface area contributed by atoms with Gasteiger partial charge in [-0.05, 0) is 60.4 Å². The molecule has 1 N–H and O–H groups in total. The molecule has 0 spiro atoms. The topological polar surface area (TPSA) is 69.3 Å². The third-order valence-corrected chi connectivity index (χ3v) is 6.99. The zero-order valence-electron chi connectivity index (χ0n) is 21.4. The van der Waals surface area contributed by atoms with Gasteiger partial charge in [0.2, 0.25) is 5.91 Å². The lowest BCUT2D eigenvalue weighted by atomic mass is 9.78. The van der Waals surface area contributed by atoms with E-state index in [1.54, 1.807) is 6.92 Å². The normalized spacial score (nSPS) is 18.1. The van der Waals surface area contributed by atoms with E-state index < -0.39 is 59.5 Å². The predicted molar refractivity (Wildman–Crippen MR) is 129 cm³/mol. The van der Waals surface area contributed by atoms with Crippen LogP contribution in [0.15, 0.2) is 48.8 Å². The van der Waals surface area contributed by atoms with Gasteiger partial charge in [0.05, 0.1) is 11.1 Å². The summed E-state index contributed by atoms with van der Waals surface area (Å²) in [5, 5.41) is 0. The van der Waals surface area contributed by atoms with E-state index in [0.29, 0.717) is 23.3 Å². The van der Waals surface area contributed by atoms with Gasteiger partial charge in [-0.15, -0.1) is 0 Å². The Bertz CT molecular complexity index is 1350. The number of imidazole rings is 1. The van der Waals surface area contributed by atoms with Crippen molar-refractivity contribution in [3.63, 3.8) is 0 Å². The second kappa shape index (κ2) is 10.9. The van der Waals surface area contributed by atoms with E-state index in [0.717, 1.165) is 4.90 Å². The van der Waals surface area contributed by atoms with Gasteiger partial charge in [-0.3, -0.25) is 9.59 Å². The van der Waals surface area contributed by atoms with Gasteiger partial charge in [-0.25, -0.2) is 9.37 Å². The molecular weight excluding hydrogens is 545 g/mol. The van der Waals surface area contributed by atoms with Gasteiger partial charge in [-0.1, -0.05) is 6.07 Å². The van der Waals surface area contributed by atoms with Gasteiger partial charge in [0.15, 0.2) is 5.82 Å². The third kappa shape index (κ3) is 6.28. The zero-order chi connectivity index (χ0) is 29.4. The lowest BCUT2D eigenvalue weighted by Gasteiger charge is -2.39. The number of halogens is 7. The number of benzene rings is 2. The average Bonchev–Trinajstić information content (AvgIpc) is 3.41. The Hall–Kier alpha value is -3.90. The standard InChI is InChI=1S/C27H25F7N4O2/c1-15-9-19(28)3-4-20(15)22-14-38(25(40)23-35-6-7-36-23)8-5-21(22)24(39)37(2)13-16-10-17(26(29,30)31)12-18(11-16)27(32,33)34/h3-4,6-7,9-12,21-22H,5,8,13-14H2,1-2H3,(H,35,36)/t21-,22+/m1/s1. The van der Waals surface area contributed by atoms with Crippen LogP contribution in [0.1, 0.15) is 50.8 Å². The number of hydrogen-bond donors (Lipinski definition) is 1. The summed E-state index contributed by atoms with van der Waals surface area (Å²) < 4.78 is 93.8. The number of H-pyrrole nitrogens is 1. The summed E-state index contributed by atoms with van der Waals surface area (Å²) in [5.41, 5.74) is -2.14. The maximum atomic E-state index is 13.9. The van der Waals surface area contributed by atoms with Crippen molar-refractivity contribution in [3.05, 3.63) is 88.3 Å². The molecule has 2 atom stereocenters. The number of rotatable bonds is 5. The Balaban J connectivity index is 1.63. The first kappa shape index (κ1) is 29.1. The first-order valence-corrected chi connectivity index (χ1v) is 12.2. The Morgan fingerprint density at radius 2 is 1.70 bits per heavy atom. The van der Waals surface area contributed by atoms with E-state index >= 15 is 0 Å².